The number of benzene rings is 1. The number of hydrogen-bond donors (Lipinski definition) is 2. The van der Waals surface area contributed by atoms with Crippen molar-refractivity contribution >= 4 is 29.9 Å². The molecule has 0 aliphatic heterocycles. The second-order valence-electron chi connectivity index (χ2n) is 6.53. The maximum Gasteiger partial charge on any atom is 0.191 e. The Bertz CT molecular complexity index is 544. The third kappa shape index (κ3) is 5.60. The lowest BCUT2D eigenvalue weighted by Crippen LogP contribution is -2.47. The van der Waals surface area contributed by atoms with E-state index in [2.05, 4.69) is 15.6 Å². The molecule has 0 unspecified atom stereocenters. The van der Waals surface area contributed by atoms with Gasteiger partial charge in [0, 0.05) is 32.7 Å². The highest BCUT2D eigenvalue weighted by atomic mass is 127. The predicted molar refractivity (Wildman–Crippen MR) is 103 cm³/mol. The van der Waals surface area contributed by atoms with Crippen LogP contribution in [-0.4, -0.2) is 38.8 Å². The van der Waals surface area contributed by atoms with Gasteiger partial charge in [-0.05, 0) is 44.4 Å². The largest absolute Gasteiger partial charge is 0.377 e. The van der Waals surface area contributed by atoms with Gasteiger partial charge in [0.25, 0.3) is 0 Å². The van der Waals surface area contributed by atoms with E-state index in [1.807, 2.05) is 19.9 Å². The molecule has 6 heteroatoms. The fraction of sp³-hybridized carbons (Fsp3) is 0.588. The van der Waals surface area contributed by atoms with Crippen LogP contribution in [0.4, 0.5) is 4.39 Å². The van der Waals surface area contributed by atoms with Gasteiger partial charge in [0.05, 0.1) is 5.60 Å². The lowest BCUT2D eigenvalue weighted by atomic mass is 9.96. The maximum absolute atomic E-state index is 13.4. The van der Waals surface area contributed by atoms with Crippen LogP contribution < -0.4 is 10.6 Å². The van der Waals surface area contributed by atoms with Crippen molar-refractivity contribution in [3.8, 4) is 0 Å². The minimum absolute atomic E-state index is 0. The SMILES string of the molecule is CN=C(NCC(C)(C)OC)NCC1(c2cccc(F)c2)CC1.I. The van der Waals surface area contributed by atoms with E-state index in [4.69, 9.17) is 4.74 Å². The zero-order chi connectivity index (χ0) is 16.2. The van der Waals surface area contributed by atoms with Crippen molar-refractivity contribution in [1.82, 2.24) is 10.6 Å². The number of nitrogens with zero attached hydrogens (tertiary/aromatic N) is 1. The molecule has 1 aromatic carbocycles. The molecule has 1 aromatic rings. The summed E-state index contributed by atoms with van der Waals surface area (Å²) in [5.41, 5.74) is 0.848. The number of rotatable bonds is 6. The molecule has 4 nitrogen and oxygen atoms in total. The molecule has 130 valence electrons. The Balaban J connectivity index is 0.00000264. The lowest BCUT2D eigenvalue weighted by molar-refractivity contribution is 0.0268. The van der Waals surface area contributed by atoms with Crippen molar-refractivity contribution < 1.29 is 9.13 Å². The highest BCUT2D eigenvalue weighted by molar-refractivity contribution is 14.0. The van der Waals surface area contributed by atoms with Gasteiger partial charge in [0.2, 0.25) is 0 Å². The summed E-state index contributed by atoms with van der Waals surface area (Å²) < 4.78 is 18.8. The molecule has 0 spiro atoms. The molecular weight excluding hydrogens is 408 g/mol. The van der Waals surface area contributed by atoms with Crippen LogP contribution in [0, 0.1) is 5.82 Å². The van der Waals surface area contributed by atoms with E-state index in [0.29, 0.717) is 6.54 Å². The smallest absolute Gasteiger partial charge is 0.191 e. The van der Waals surface area contributed by atoms with Crippen LogP contribution in [-0.2, 0) is 10.2 Å². The first kappa shape index (κ1) is 20.2. The monoisotopic (exact) mass is 435 g/mol. The van der Waals surface area contributed by atoms with Crippen molar-refractivity contribution in [2.75, 3.05) is 27.2 Å². The Morgan fingerprint density at radius 3 is 2.57 bits per heavy atom. The van der Waals surface area contributed by atoms with Crippen molar-refractivity contribution in [3.05, 3.63) is 35.6 Å². The Hall–Kier alpha value is -0.890. The summed E-state index contributed by atoms with van der Waals surface area (Å²) in [6.07, 6.45) is 2.15. The highest BCUT2D eigenvalue weighted by Crippen LogP contribution is 2.47. The van der Waals surface area contributed by atoms with Crippen molar-refractivity contribution in [2.24, 2.45) is 4.99 Å². The van der Waals surface area contributed by atoms with Crippen LogP contribution in [0.2, 0.25) is 0 Å². The molecule has 2 rings (SSSR count). The third-order valence-corrected chi connectivity index (χ3v) is 4.34. The number of nitrogens with one attached hydrogen (secondary N) is 2. The zero-order valence-corrected chi connectivity index (χ0v) is 16.6. The molecule has 0 saturated heterocycles. The van der Waals surface area contributed by atoms with Gasteiger partial charge in [-0.25, -0.2) is 4.39 Å². The molecule has 1 aliphatic carbocycles. The number of ether oxygens (including phenoxy) is 1. The quantitative estimate of drug-likeness (QED) is 0.410. The summed E-state index contributed by atoms with van der Waals surface area (Å²) in [4.78, 5) is 4.23. The van der Waals surface area contributed by atoms with Crippen LogP contribution in [0.1, 0.15) is 32.3 Å². The van der Waals surface area contributed by atoms with E-state index >= 15 is 0 Å². The summed E-state index contributed by atoms with van der Waals surface area (Å²) in [7, 11) is 3.44. The fourth-order valence-electron chi connectivity index (χ4n) is 2.38. The number of halogens is 2. The first-order valence-corrected chi connectivity index (χ1v) is 7.66. The minimum Gasteiger partial charge on any atom is -0.377 e. The van der Waals surface area contributed by atoms with Crippen LogP contribution in [0.25, 0.3) is 0 Å². The summed E-state index contributed by atoms with van der Waals surface area (Å²) in [5.74, 6) is 0.570. The second kappa shape index (κ2) is 8.28. The van der Waals surface area contributed by atoms with Crippen LogP contribution in [0.3, 0.4) is 0 Å². The fourth-order valence-corrected chi connectivity index (χ4v) is 2.38. The van der Waals surface area contributed by atoms with Gasteiger partial charge in [-0.1, -0.05) is 12.1 Å². The lowest BCUT2D eigenvalue weighted by Gasteiger charge is -2.25. The topological polar surface area (TPSA) is 45.7 Å². The average molecular weight is 435 g/mol. The molecule has 2 N–H and O–H groups in total. The van der Waals surface area contributed by atoms with Crippen molar-refractivity contribution in [1.29, 1.82) is 0 Å². The van der Waals surface area contributed by atoms with Crippen LogP contribution in [0.15, 0.2) is 29.3 Å². The molecule has 0 radical (unpaired) electrons. The normalized spacial score (nSPS) is 16.5. The zero-order valence-electron chi connectivity index (χ0n) is 14.3. The van der Waals surface area contributed by atoms with E-state index in [-0.39, 0.29) is 40.8 Å². The Kier molecular flexibility index (Phi) is 7.26. The first-order chi connectivity index (χ1) is 10.4. The molecule has 1 fully saturated rings. The van der Waals surface area contributed by atoms with Gasteiger partial charge in [-0.3, -0.25) is 4.99 Å². The number of aliphatic imine (C=N–C) groups is 1. The van der Waals surface area contributed by atoms with Gasteiger partial charge < -0.3 is 15.4 Å². The standard InChI is InChI=1S/C17H26FN3O.HI/c1-16(2,22-4)11-20-15(19-3)21-12-17(8-9-17)13-6-5-7-14(18)10-13;/h5-7,10H,8-9,11-12H2,1-4H3,(H2,19,20,21);1H. The summed E-state index contributed by atoms with van der Waals surface area (Å²) in [6, 6.07) is 6.90. The van der Waals surface area contributed by atoms with E-state index in [9.17, 15) is 4.39 Å². The van der Waals surface area contributed by atoms with E-state index in [0.717, 1.165) is 30.9 Å². The van der Waals surface area contributed by atoms with E-state index in [1.165, 1.54) is 6.07 Å². The Labute approximate surface area is 155 Å². The van der Waals surface area contributed by atoms with Gasteiger partial charge in [-0.15, -0.1) is 24.0 Å². The molecule has 0 heterocycles. The highest BCUT2D eigenvalue weighted by Gasteiger charge is 2.44. The molecule has 0 atom stereocenters. The molecular formula is C17H27FIN3O. The summed E-state index contributed by atoms with van der Waals surface area (Å²) >= 11 is 0. The Morgan fingerprint density at radius 1 is 1.35 bits per heavy atom. The van der Waals surface area contributed by atoms with Gasteiger partial charge >= 0.3 is 0 Å². The van der Waals surface area contributed by atoms with Crippen LogP contribution in [0.5, 0.6) is 0 Å². The molecule has 23 heavy (non-hydrogen) atoms. The predicted octanol–water partition coefficient (Wildman–Crippen LogP) is 3.07. The number of guanidine groups is 1. The molecule has 0 bridgehead atoms. The second-order valence-corrected chi connectivity index (χ2v) is 6.53. The number of methoxy groups -OCH3 is 1. The molecule has 0 aromatic heterocycles. The Morgan fingerprint density at radius 2 is 2.04 bits per heavy atom. The van der Waals surface area contributed by atoms with E-state index in [1.54, 1.807) is 26.3 Å². The average Bonchev–Trinajstić information content (AvgIpc) is 3.29. The summed E-state index contributed by atoms with van der Waals surface area (Å²) in [5, 5.41) is 6.61. The molecule has 0 amide bonds. The van der Waals surface area contributed by atoms with Gasteiger partial charge in [-0.2, -0.15) is 0 Å². The van der Waals surface area contributed by atoms with Crippen molar-refractivity contribution in [3.63, 3.8) is 0 Å². The third-order valence-electron chi connectivity index (χ3n) is 4.34. The van der Waals surface area contributed by atoms with E-state index < -0.39 is 0 Å². The maximum atomic E-state index is 13.4. The molecule has 1 aliphatic rings. The molecule has 1 saturated carbocycles. The van der Waals surface area contributed by atoms with Gasteiger partial charge in [0.1, 0.15) is 5.82 Å². The van der Waals surface area contributed by atoms with Crippen molar-refractivity contribution in [2.45, 2.75) is 37.7 Å². The minimum atomic E-state index is -0.253. The number of hydrogen-bond acceptors (Lipinski definition) is 2. The van der Waals surface area contributed by atoms with Crippen LogP contribution >= 0.6 is 24.0 Å². The first-order valence-electron chi connectivity index (χ1n) is 7.66. The van der Waals surface area contributed by atoms with Gasteiger partial charge in [0.15, 0.2) is 5.96 Å². The summed E-state index contributed by atoms with van der Waals surface area (Å²) in [6.45, 7) is 5.45.